The van der Waals surface area contributed by atoms with Gasteiger partial charge in [-0.05, 0) is 39.5 Å². The lowest BCUT2D eigenvalue weighted by Crippen LogP contribution is -2.46. The highest BCUT2D eigenvalue weighted by Gasteiger charge is 2.28. The van der Waals surface area contributed by atoms with E-state index in [-0.39, 0.29) is 11.3 Å². The summed E-state index contributed by atoms with van der Waals surface area (Å²) in [6.45, 7) is 4.66. The number of hydrogen-bond acceptors (Lipinski definition) is 3. The fraction of sp³-hybridized carbons (Fsp3) is 0.917. The zero-order valence-corrected chi connectivity index (χ0v) is 10.7. The van der Waals surface area contributed by atoms with Crippen LogP contribution < -0.4 is 16.4 Å². The Hall–Kier alpha value is -0.610. The molecule has 0 aromatic carbocycles. The van der Waals surface area contributed by atoms with E-state index >= 15 is 0 Å². The molecule has 1 aliphatic rings. The largest absolute Gasteiger partial charge is 0.359 e. The summed E-state index contributed by atoms with van der Waals surface area (Å²) in [6.07, 6.45) is 4.45. The van der Waals surface area contributed by atoms with Gasteiger partial charge in [-0.15, -0.1) is 0 Å². The second-order valence-electron chi connectivity index (χ2n) is 5.46. The number of hydrogen-bond donors (Lipinski definition) is 3. The molecule has 1 aliphatic carbocycles. The Morgan fingerprint density at radius 2 is 1.88 bits per heavy atom. The average molecular weight is 227 g/mol. The minimum absolute atomic E-state index is 0.0903. The number of amides is 1. The minimum atomic E-state index is -0.339. The Kier molecular flexibility index (Phi) is 4.74. The Bertz CT molecular complexity index is 232. The van der Waals surface area contributed by atoms with E-state index in [0.717, 1.165) is 32.2 Å². The third-order valence-electron chi connectivity index (χ3n) is 3.45. The van der Waals surface area contributed by atoms with Crippen LogP contribution >= 0.6 is 0 Å². The summed E-state index contributed by atoms with van der Waals surface area (Å²) in [5.74, 6) is 0.0903. The van der Waals surface area contributed by atoms with Gasteiger partial charge in [0.05, 0.1) is 5.41 Å². The molecule has 1 fully saturated rings. The van der Waals surface area contributed by atoms with E-state index in [1.807, 2.05) is 13.8 Å². The van der Waals surface area contributed by atoms with Crippen LogP contribution in [0.25, 0.3) is 0 Å². The van der Waals surface area contributed by atoms with Crippen molar-refractivity contribution in [2.24, 2.45) is 11.1 Å². The van der Waals surface area contributed by atoms with Crippen LogP contribution in [0.1, 0.15) is 39.5 Å². The van der Waals surface area contributed by atoms with Crippen molar-refractivity contribution in [3.63, 3.8) is 0 Å². The van der Waals surface area contributed by atoms with Gasteiger partial charge < -0.3 is 16.4 Å². The molecule has 0 saturated heterocycles. The van der Waals surface area contributed by atoms with Crippen LogP contribution in [0.5, 0.6) is 0 Å². The van der Waals surface area contributed by atoms with Gasteiger partial charge in [0.25, 0.3) is 0 Å². The van der Waals surface area contributed by atoms with Gasteiger partial charge in [-0.1, -0.05) is 0 Å². The molecule has 94 valence electrons. The van der Waals surface area contributed by atoms with Crippen LogP contribution in [0.2, 0.25) is 0 Å². The van der Waals surface area contributed by atoms with E-state index in [4.69, 9.17) is 5.73 Å². The zero-order chi connectivity index (χ0) is 12.2. The minimum Gasteiger partial charge on any atom is -0.359 e. The Morgan fingerprint density at radius 1 is 1.31 bits per heavy atom. The molecule has 0 atom stereocenters. The smallest absolute Gasteiger partial charge is 0.226 e. The molecule has 1 amide bonds. The van der Waals surface area contributed by atoms with E-state index in [1.54, 1.807) is 7.05 Å². The second kappa shape index (κ2) is 5.64. The summed E-state index contributed by atoms with van der Waals surface area (Å²) in [5.41, 5.74) is 5.52. The highest BCUT2D eigenvalue weighted by Crippen LogP contribution is 2.19. The highest BCUT2D eigenvalue weighted by molar-refractivity contribution is 5.81. The lowest BCUT2D eigenvalue weighted by Gasteiger charge is -2.30. The third-order valence-corrected chi connectivity index (χ3v) is 3.45. The maximum Gasteiger partial charge on any atom is 0.226 e. The molecule has 1 saturated carbocycles. The summed E-state index contributed by atoms with van der Waals surface area (Å²) in [7, 11) is 1.68. The summed E-state index contributed by atoms with van der Waals surface area (Å²) in [6, 6.07) is 0.911. The van der Waals surface area contributed by atoms with Crippen LogP contribution in [-0.2, 0) is 4.79 Å². The van der Waals surface area contributed by atoms with Crippen molar-refractivity contribution < 1.29 is 4.79 Å². The molecular weight excluding hydrogens is 202 g/mol. The fourth-order valence-electron chi connectivity index (χ4n) is 2.14. The molecule has 0 unspecified atom stereocenters. The summed E-state index contributed by atoms with van der Waals surface area (Å²) in [5, 5.41) is 6.18. The summed E-state index contributed by atoms with van der Waals surface area (Å²) in [4.78, 5) is 11.6. The van der Waals surface area contributed by atoms with E-state index in [1.165, 1.54) is 0 Å². The predicted octanol–water partition coefficient (Wildman–Crippen LogP) is 0.618. The Morgan fingerprint density at radius 3 is 2.38 bits per heavy atom. The molecule has 0 bridgehead atoms. The number of rotatable bonds is 4. The van der Waals surface area contributed by atoms with E-state index in [0.29, 0.717) is 12.1 Å². The molecule has 0 heterocycles. The highest BCUT2D eigenvalue weighted by atomic mass is 16.2. The maximum absolute atomic E-state index is 11.6. The molecule has 0 spiro atoms. The fourth-order valence-corrected chi connectivity index (χ4v) is 2.14. The van der Waals surface area contributed by atoms with E-state index < -0.39 is 0 Å². The normalized spacial score (nSPS) is 26.5. The van der Waals surface area contributed by atoms with Crippen molar-refractivity contribution in [1.29, 1.82) is 0 Å². The molecule has 1 rings (SSSR count). The predicted molar refractivity (Wildman–Crippen MR) is 66.1 cm³/mol. The van der Waals surface area contributed by atoms with Gasteiger partial charge in [0, 0.05) is 25.7 Å². The van der Waals surface area contributed by atoms with Crippen LogP contribution in [0.3, 0.4) is 0 Å². The van der Waals surface area contributed by atoms with E-state index in [2.05, 4.69) is 10.6 Å². The summed E-state index contributed by atoms with van der Waals surface area (Å²) >= 11 is 0. The van der Waals surface area contributed by atoms with Crippen molar-refractivity contribution in [2.75, 3.05) is 13.6 Å². The Balaban J connectivity index is 2.31. The van der Waals surface area contributed by atoms with Crippen molar-refractivity contribution in [2.45, 2.75) is 51.6 Å². The van der Waals surface area contributed by atoms with Gasteiger partial charge >= 0.3 is 0 Å². The molecule has 4 N–H and O–H groups in total. The van der Waals surface area contributed by atoms with Gasteiger partial charge in [0.15, 0.2) is 0 Å². The molecular formula is C12H25N3O. The van der Waals surface area contributed by atoms with Crippen molar-refractivity contribution in [3.8, 4) is 0 Å². The number of nitrogens with one attached hydrogen (secondary N) is 2. The number of nitrogens with two attached hydrogens (primary N) is 1. The van der Waals surface area contributed by atoms with Crippen LogP contribution in [0.4, 0.5) is 0 Å². The zero-order valence-electron chi connectivity index (χ0n) is 10.7. The van der Waals surface area contributed by atoms with Gasteiger partial charge in [-0.25, -0.2) is 0 Å². The average Bonchev–Trinajstić information content (AvgIpc) is 2.27. The quantitative estimate of drug-likeness (QED) is 0.659. The first-order chi connectivity index (χ1) is 7.45. The lowest BCUT2D eigenvalue weighted by atomic mass is 9.88. The molecule has 0 aromatic rings. The van der Waals surface area contributed by atoms with E-state index in [9.17, 15) is 4.79 Å². The number of carbonyl (C=O) groups excluding carboxylic acids is 1. The standard InChI is InChI=1S/C12H25N3O/c1-12(2,11(16)14-3)8-15-10-6-4-9(13)5-7-10/h9-10,15H,4-8,13H2,1-3H3,(H,14,16). The molecule has 4 nitrogen and oxygen atoms in total. The first-order valence-electron chi connectivity index (χ1n) is 6.17. The first-order valence-corrected chi connectivity index (χ1v) is 6.17. The molecule has 16 heavy (non-hydrogen) atoms. The van der Waals surface area contributed by atoms with Gasteiger partial charge in [0.2, 0.25) is 5.91 Å². The Labute approximate surface area is 98.3 Å². The van der Waals surface area contributed by atoms with Crippen LogP contribution in [-0.4, -0.2) is 31.6 Å². The molecule has 4 heteroatoms. The van der Waals surface area contributed by atoms with Crippen molar-refractivity contribution >= 4 is 5.91 Å². The lowest BCUT2D eigenvalue weighted by molar-refractivity contribution is -0.128. The van der Waals surface area contributed by atoms with Gasteiger partial charge in [-0.2, -0.15) is 0 Å². The SMILES string of the molecule is CNC(=O)C(C)(C)CNC1CCC(N)CC1. The topological polar surface area (TPSA) is 67.2 Å². The van der Waals surface area contributed by atoms with Crippen molar-refractivity contribution in [1.82, 2.24) is 10.6 Å². The second-order valence-corrected chi connectivity index (χ2v) is 5.46. The molecule has 0 aromatic heterocycles. The van der Waals surface area contributed by atoms with Gasteiger partial charge in [-0.3, -0.25) is 4.79 Å². The molecule has 0 aliphatic heterocycles. The van der Waals surface area contributed by atoms with Crippen LogP contribution in [0.15, 0.2) is 0 Å². The third kappa shape index (κ3) is 3.76. The number of carbonyl (C=O) groups is 1. The first kappa shape index (κ1) is 13.5. The molecule has 0 radical (unpaired) electrons. The van der Waals surface area contributed by atoms with Crippen LogP contribution in [0, 0.1) is 5.41 Å². The maximum atomic E-state index is 11.6. The summed E-state index contributed by atoms with van der Waals surface area (Å²) < 4.78 is 0. The van der Waals surface area contributed by atoms with Gasteiger partial charge in [0.1, 0.15) is 0 Å². The van der Waals surface area contributed by atoms with Crippen molar-refractivity contribution in [3.05, 3.63) is 0 Å². The monoisotopic (exact) mass is 227 g/mol.